The van der Waals surface area contributed by atoms with E-state index in [0.717, 1.165) is 25.2 Å². The Hall–Kier alpha value is -3.44. The number of aromatic nitrogens is 2. The largest absolute Gasteiger partial charge is 0.450 e. The lowest BCUT2D eigenvalue weighted by Gasteiger charge is -2.35. The summed E-state index contributed by atoms with van der Waals surface area (Å²) in [4.78, 5) is 36.3. The van der Waals surface area contributed by atoms with Gasteiger partial charge in [0.05, 0.1) is 10.4 Å². The van der Waals surface area contributed by atoms with E-state index in [1.165, 1.54) is 18.5 Å². The number of nitrogens with zero attached hydrogens (tertiary/aromatic N) is 3. The van der Waals surface area contributed by atoms with Crippen LogP contribution in [-0.2, 0) is 4.79 Å². The number of benzene rings is 1. The number of aromatic amines is 1. The molecular weight excluding hydrogens is 482 g/mol. The highest BCUT2D eigenvalue weighted by Crippen LogP contribution is 2.38. The van der Waals surface area contributed by atoms with Crippen molar-refractivity contribution in [3.8, 4) is 11.5 Å². The standard InChI is InChI=1S/C23H23ClF2N6O3/c1-31-6-8-32(9-7-31)21(33)23(3-4-23)30-22(34)29-13-10-15(25)19(16(26)11-13)35-17-2-5-27-20-18(17)14(24)12-28-20/h2,5,10-12H,3-4,6-9H2,1H3,(H,27,28)(H2,29,30,34). The number of amides is 3. The maximum atomic E-state index is 14.8. The lowest BCUT2D eigenvalue weighted by molar-refractivity contribution is -0.135. The maximum Gasteiger partial charge on any atom is 0.320 e. The summed E-state index contributed by atoms with van der Waals surface area (Å²) >= 11 is 6.12. The van der Waals surface area contributed by atoms with Crippen LogP contribution < -0.4 is 15.4 Å². The SMILES string of the molecule is CN1CCN(C(=O)C2(NC(=O)Nc3cc(F)c(Oc4ccnc5[nH]cc(Cl)c45)c(F)c3)CC2)CC1. The Kier molecular flexibility index (Phi) is 5.97. The normalized spacial score (nSPS) is 17.3. The topological polar surface area (TPSA) is 103 Å². The summed E-state index contributed by atoms with van der Waals surface area (Å²) < 4.78 is 35.0. The van der Waals surface area contributed by atoms with E-state index in [1.807, 2.05) is 7.05 Å². The van der Waals surface area contributed by atoms with Gasteiger partial charge < -0.3 is 30.2 Å². The second-order valence-electron chi connectivity index (χ2n) is 8.80. The van der Waals surface area contributed by atoms with Crippen molar-refractivity contribution in [2.45, 2.75) is 18.4 Å². The first kappa shape index (κ1) is 23.3. The molecule has 1 aliphatic heterocycles. The Morgan fingerprint density at radius 1 is 1.17 bits per heavy atom. The fraction of sp³-hybridized carbons (Fsp3) is 0.348. The average Bonchev–Trinajstić information content (AvgIpc) is 3.50. The Labute approximate surface area is 204 Å². The summed E-state index contributed by atoms with van der Waals surface area (Å²) in [5.74, 6) is -2.70. The summed E-state index contributed by atoms with van der Waals surface area (Å²) in [6, 6.07) is 2.61. The van der Waals surface area contributed by atoms with E-state index in [1.54, 1.807) is 4.90 Å². The molecule has 3 amide bonds. The molecule has 0 bridgehead atoms. The summed E-state index contributed by atoms with van der Waals surface area (Å²) in [5.41, 5.74) is -0.682. The van der Waals surface area contributed by atoms with Crippen LogP contribution in [0.15, 0.2) is 30.6 Å². The van der Waals surface area contributed by atoms with Crippen LogP contribution in [0.5, 0.6) is 11.5 Å². The number of H-pyrrole nitrogens is 1. The fourth-order valence-electron chi connectivity index (χ4n) is 4.12. The first-order chi connectivity index (χ1) is 16.8. The third-order valence-corrected chi connectivity index (χ3v) is 6.56. The van der Waals surface area contributed by atoms with Crippen LogP contribution in [0, 0.1) is 11.6 Å². The van der Waals surface area contributed by atoms with Gasteiger partial charge in [-0.1, -0.05) is 11.6 Å². The first-order valence-electron chi connectivity index (χ1n) is 11.1. The molecule has 2 aromatic heterocycles. The smallest absolute Gasteiger partial charge is 0.320 e. The predicted octanol–water partition coefficient (Wildman–Crippen LogP) is 3.71. The van der Waals surface area contributed by atoms with Gasteiger partial charge in [0, 0.05) is 56.4 Å². The van der Waals surface area contributed by atoms with E-state index in [4.69, 9.17) is 16.3 Å². The highest BCUT2D eigenvalue weighted by Gasteiger charge is 2.53. The van der Waals surface area contributed by atoms with Crippen molar-refractivity contribution in [1.82, 2.24) is 25.1 Å². The third kappa shape index (κ3) is 4.61. The van der Waals surface area contributed by atoms with Gasteiger partial charge in [-0.15, -0.1) is 0 Å². The average molecular weight is 505 g/mol. The Morgan fingerprint density at radius 2 is 1.86 bits per heavy atom. The number of fused-ring (bicyclic) bond motifs is 1. The lowest BCUT2D eigenvalue weighted by atomic mass is 10.2. The van der Waals surface area contributed by atoms with Gasteiger partial charge >= 0.3 is 6.03 Å². The molecule has 5 rings (SSSR count). The fourth-order valence-corrected chi connectivity index (χ4v) is 4.36. The van der Waals surface area contributed by atoms with Crippen LogP contribution in [0.3, 0.4) is 0 Å². The van der Waals surface area contributed by atoms with E-state index in [2.05, 4.69) is 25.5 Å². The Balaban J connectivity index is 1.27. The van der Waals surface area contributed by atoms with E-state index in [-0.39, 0.29) is 17.3 Å². The number of hydrogen-bond donors (Lipinski definition) is 3. The number of halogens is 3. The van der Waals surface area contributed by atoms with Crippen LogP contribution in [0.25, 0.3) is 11.0 Å². The van der Waals surface area contributed by atoms with Crippen LogP contribution in [0.2, 0.25) is 5.02 Å². The molecule has 35 heavy (non-hydrogen) atoms. The van der Waals surface area contributed by atoms with Crippen molar-refractivity contribution in [1.29, 1.82) is 0 Å². The number of anilines is 1. The molecule has 2 aliphatic rings. The van der Waals surface area contributed by atoms with Gasteiger partial charge in [0.25, 0.3) is 0 Å². The summed E-state index contributed by atoms with van der Waals surface area (Å²) in [6.45, 7) is 2.72. The van der Waals surface area contributed by atoms with Crippen molar-refractivity contribution in [2.24, 2.45) is 0 Å². The van der Waals surface area contributed by atoms with Gasteiger partial charge in [-0.05, 0) is 26.0 Å². The molecule has 184 valence electrons. The monoisotopic (exact) mass is 504 g/mol. The van der Waals surface area contributed by atoms with Crippen molar-refractivity contribution in [2.75, 3.05) is 38.5 Å². The molecule has 3 N–H and O–H groups in total. The number of ether oxygens (including phenoxy) is 1. The minimum absolute atomic E-state index is 0.118. The first-order valence-corrected chi connectivity index (χ1v) is 11.5. The van der Waals surface area contributed by atoms with Crippen molar-refractivity contribution >= 4 is 40.3 Å². The molecule has 0 atom stereocenters. The molecular formula is C23H23ClF2N6O3. The molecule has 3 heterocycles. The molecule has 12 heteroatoms. The Bertz CT molecular complexity index is 1280. The van der Waals surface area contributed by atoms with Gasteiger partial charge in [0.1, 0.15) is 16.9 Å². The predicted molar refractivity (Wildman–Crippen MR) is 126 cm³/mol. The van der Waals surface area contributed by atoms with Gasteiger partial charge in [0.15, 0.2) is 17.4 Å². The summed E-state index contributed by atoms with van der Waals surface area (Å²) in [7, 11) is 1.99. The number of carbonyl (C=O) groups excluding carboxylic acids is 2. The number of likely N-dealkylation sites (N-methyl/N-ethyl adjacent to an activating group) is 1. The molecule has 2 fully saturated rings. The van der Waals surface area contributed by atoms with Crippen LogP contribution in [-0.4, -0.2) is 70.5 Å². The number of pyridine rings is 1. The lowest BCUT2D eigenvalue weighted by Crippen LogP contribution is -2.56. The molecule has 9 nitrogen and oxygen atoms in total. The van der Waals surface area contributed by atoms with Crippen LogP contribution in [0.4, 0.5) is 19.3 Å². The minimum atomic E-state index is -1.02. The molecule has 0 radical (unpaired) electrons. The molecule has 3 aromatic rings. The van der Waals surface area contributed by atoms with Crippen molar-refractivity contribution in [3.63, 3.8) is 0 Å². The number of carbonyl (C=O) groups is 2. The van der Waals surface area contributed by atoms with Gasteiger partial charge in [0.2, 0.25) is 5.91 Å². The van der Waals surface area contributed by atoms with Gasteiger partial charge in [-0.3, -0.25) is 4.79 Å². The molecule has 1 aliphatic carbocycles. The number of nitrogens with one attached hydrogen (secondary N) is 3. The van der Waals surface area contributed by atoms with E-state index in [0.29, 0.717) is 42.0 Å². The highest BCUT2D eigenvalue weighted by atomic mass is 35.5. The van der Waals surface area contributed by atoms with Gasteiger partial charge in [-0.25, -0.2) is 18.6 Å². The molecule has 0 spiro atoms. The number of urea groups is 1. The summed E-state index contributed by atoms with van der Waals surface area (Å²) in [6.07, 6.45) is 3.94. The Morgan fingerprint density at radius 3 is 2.51 bits per heavy atom. The quantitative estimate of drug-likeness (QED) is 0.491. The second-order valence-corrected chi connectivity index (χ2v) is 9.20. The summed E-state index contributed by atoms with van der Waals surface area (Å²) in [5, 5.41) is 5.77. The third-order valence-electron chi connectivity index (χ3n) is 6.26. The van der Waals surface area contributed by atoms with Crippen molar-refractivity contribution in [3.05, 3.63) is 47.2 Å². The van der Waals surface area contributed by atoms with E-state index < -0.39 is 29.0 Å². The van der Waals surface area contributed by atoms with Crippen LogP contribution >= 0.6 is 11.6 Å². The second kappa shape index (κ2) is 8.97. The molecule has 0 unspecified atom stereocenters. The zero-order valence-corrected chi connectivity index (χ0v) is 19.6. The molecule has 1 saturated heterocycles. The molecule has 1 saturated carbocycles. The van der Waals surface area contributed by atoms with E-state index >= 15 is 0 Å². The van der Waals surface area contributed by atoms with Gasteiger partial charge in [-0.2, -0.15) is 0 Å². The van der Waals surface area contributed by atoms with Crippen molar-refractivity contribution < 1.29 is 23.1 Å². The van der Waals surface area contributed by atoms with Crippen LogP contribution in [0.1, 0.15) is 12.8 Å². The number of hydrogen-bond acceptors (Lipinski definition) is 5. The zero-order valence-electron chi connectivity index (χ0n) is 18.8. The van der Waals surface area contributed by atoms with E-state index in [9.17, 15) is 18.4 Å². The zero-order chi connectivity index (χ0) is 24.7. The highest BCUT2D eigenvalue weighted by molar-refractivity contribution is 6.36. The maximum absolute atomic E-state index is 14.8. The number of rotatable bonds is 5. The minimum Gasteiger partial charge on any atom is -0.450 e. The molecule has 1 aromatic carbocycles. The number of piperazine rings is 1.